The number of aromatic nitrogens is 4. The van der Waals surface area contributed by atoms with Crippen LogP contribution in [0.25, 0.3) is 11.0 Å². The number of nitrogens with one attached hydrogen (secondary N) is 1. The van der Waals surface area contributed by atoms with Gasteiger partial charge in [0, 0.05) is 6.07 Å². The highest BCUT2D eigenvalue weighted by molar-refractivity contribution is 5.94. The molecular formula is C15H15N5O5. The number of hydrogen-bond donors (Lipinski definition) is 1. The summed E-state index contributed by atoms with van der Waals surface area (Å²) >= 11 is 0. The van der Waals surface area contributed by atoms with E-state index in [0.29, 0.717) is 22.4 Å². The van der Waals surface area contributed by atoms with Gasteiger partial charge in [0.1, 0.15) is 16.8 Å². The SMILES string of the molecule is COC(=O)c1ccc2nnn(O[C@@H](C)C(=O)Nc3cc(C)on3)c2c1. The highest BCUT2D eigenvalue weighted by Gasteiger charge is 2.19. The molecule has 1 atom stereocenters. The second-order valence-electron chi connectivity index (χ2n) is 5.22. The predicted octanol–water partition coefficient (Wildman–Crippen LogP) is 0.970. The Morgan fingerprint density at radius 1 is 1.32 bits per heavy atom. The summed E-state index contributed by atoms with van der Waals surface area (Å²) < 4.78 is 9.56. The molecule has 0 aliphatic carbocycles. The van der Waals surface area contributed by atoms with Crippen LogP contribution >= 0.6 is 0 Å². The van der Waals surface area contributed by atoms with Gasteiger partial charge in [-0.05, 0) is 37.3 Å². The number of methoxy groups -OCH3 is 1. The zero-order valence-corrected chi connectivity index (χ0v) is 13.7. The molecule has 0 unspecified atom stereocenters. The molecule has 0 aliphatic rings. The summed E-state index contributed by atoms with van der Waals surface area (Å²) in [6.07, 6.45) is -0.899. The summed E-state index contributed by atoms with van der Waals surface area (Å²) in [5.74, 6) is -0.0845. The van der Waals surface area contributed by atoms with Crippen LogP contribution in [0.1, 0.15) is 23.0 Å². The van der Waals surface area contributed by atoms with E-state index in [1.54, 1.807) is 32.0 Å². The lowest BCUT2D eigenvalue weighted by molar-refractivity contribution is -0.127. The fourth-order valence-corrected chi connectivity index (χ4v) is 2.07. The largest absolute Gasteiger partial charge is 0.465 e. The van der Waals surface area contributed by atoms with Crippen molar-refractivity contribution in [3.8, 4) is 0 Å². The quantitative estimate of drug-likeness (QED) is 0.679. The van der Waals surface area contributed by atoms with Crippen molar-refractivity contribution < 1.29 is 23.7 Å². The van der Waals surface area contributed by atoms with Crippen LogP contribution in [0.4, 0.5) is 5.82 Å². The van der Waals surface area contributed by atoms with Crippen LogP contribution in [0.15, 0.2) is 28.8 Å². The van der Waals surface area contributed by atoms with Crippen molar-refractivity contribution in [3.63, 3.8) is 0 Å². The van der Waals surface area contributed by atoms with E-state index in [-0.39, 0.29) is 5.82 Å². The Morgan fingerprint density at radius 2 is 2.12 bits per heavy atom. The highest BCUT2D eigenvalue weighted by Crippen LogP contribution is 2.14. The third-order valence-corrected chi connectivity index (χ3v) is 3.34. The predicted molar refractivity (Wildman–Crippen MR) is 84.8 cm³/mol. The number of carbonyl (C=O) groups excluding carboxylic acids is 2. The van der Waals surface area contributed by atoms with Crippen LogP contribution in [-0.4, -0.2) is 45.4 Å². The lowest BCUT2D eigenvalue weighted by Crippen LogP contribution is -2.35. The topological polar surface area (TPSA) is 121 Å². The minimum atomic E-state index is -0.899. The number of esters is 1. The van der Waals surface area contributed by atoms with Crippen molar-refractivity contribution >= 4 is 28.7 Å². The number of benzene rings is 1. The number of nitrogens with zero attached hydrogens (tertiary/aromatic N) is 4. The van der Waals surface area contributed by atoms with Crippen molar-refractivity contribution in [3.05, 3.63) is 35.6 Å². The summed E-state index contributed by atoms with van der Waals surface area (Å²) in [6, 6.07) is 6.28. The zero-order valence-electron chi connectivity index (χ0n) is 13.7. The number of fused-ring (bicyclic) bond motifs is 1. The lowest BCUT2D eigenvalue weighted by atomic mass is 10.2. The molecule has 0 bridgehead atoms. The minimum Gasteiger partial charge on any atom is -0.465 e. The van der Waals surface area contributed by atoms with E-state index in [1.807, 2.05) is 0 Å². The number of rotatable bonds is 5. The zero-order chi connectivity index (χ0) is 18.0. The maximum Gasteiger partial charge on any atom is 0.337 e. The van der Waals surface area contributed by atoms with Crippen LogP contribution in [0, 0.1) is 6.92 Å². The van der Waals surface area contributed by atoms with Gasteiger partial charge >= 0.3 is 5.97 Å². The van der Waals surface area contributed by atoms with Gasteiger partial charge in [-0.15, -0.1) is 5.10 Å². The number of carbonyl (C=O) groups is 2. The first-order chi connectivity index (χ1) is 12.0. The van der Waals surface area contributed by atoms with Gasteiger partial charge < -0.3 is 19.4 Å². The lowest BCUT2D eigenvalue weighted by Gasteiger charge is -2.12. The first-order valence-electron chi connectivity index (χ1n) is 7.33. The molecule has 0 fully saturated rings. The van der Waals surface area contributed by atoms with Gasteiger partial charge in [0.15, 0.2) is 5.82 Å². The van der Waals surface area contributed by atoms with Crippen molar-refractivity contribution in [1.82, 2.24) is 20.3 Å². The molecule has 2 aromatic heterocycles. The van der Waals surface area contributed by atoms with Crippen LogP contribution in [0.3, 0.4) is 0 Å². The summed E-state index contributed by atoms with van der Waals surface area (Å²) in [5, 5.41) is 14.0. The molecule has 3 aromatic rings. The van der Waals surface area contributed by atoms with E-state index >= 15 is 0 Å². The minimum absolute atomic E-state index is 0.286. The molecule has 0 spiro atoms. The fourth-order valence-electron chi connectivity index (χ4n) is 2.07. The first-order valence-corrected chi connectivity index (χ1v) is 7.33. The Morgan fingerprint density at radius 3 is 2.80 bits per heavy atom. The monoisotopic (exact) mass is 345 g/mol. The van der Waals surface area contributed by atoms with E-state index < -0.39 is 18.0 Å². The Balaban J connectivity index is 1.77. The van der Waals surface area contributed by atoms with Crippen molar-refractivity contribution in [2.75, 3.05) is 12.4 Å². The van der Waals surface area contributed by atoms with E-state index in [4.69, 9.17) is 9.36 Å². The Labute approximate surface area is 141 Å². The smallest absolute Gasteiger partial charge is 0.337 e. The Hall–Kier alpha value is -3.43. The maximum absolute atomic E-state index is 12.2. The Bertz CT molecular complexity index is 931. The molecule has 0 saturated heterocycles. The van der Waals surface area contributed by atoms with Gasteiger partial charge in [-0.1, -0.05) is 10.0 Å². The highest BCUT2D eigenvalue weighted by atomic mass is 16.7. The van der Waals surface area contributed by atoms with Crippen LogP contribution < -0.4 is 10.2 Å². The molecule has 1 N–H and O–H groups in total. The Kier molecular flexibility index (Phi) is 4.33. The van der Waals surface area contributed by atoms with Gasteiger partial charge in [0.25, 0.3) is 5.91 Å². The van der Waals surface area contributed by atoms with Gasteiger partial charge in [0.2, 0.25) is 6.10 Å². The third-order valence-electron chi connectivity index (χ3n) is 3.34. The van der Waals surface area contributed by atoms with Crippen molar-refractivity contribution in [1.29, 1.82) is 0 Å². The van der Waals surface area contributed by atoms with E-state index in [0.717, 1.165) is 4.85 Å². The second-order valence-corrected chi connectivity index (χ2v) is 5.22. The molecule has 10 heteroatoms. The van der Waals surface area contributed by atoms with Crippen LogP contribution in [-0.2, 0) is 9.53 Å². The molecule has 2 heterocycles. The van der Waals surface area contributed by atoms with E-state index in [1.165, 1.54) is 13.2 Å². The summed E-state index contributed by atoms with van der Waals surface area (Å²) in [7, 11) is 1.29. The van der Waals surface area contributed by atoms with Gasteiger partial charge in [-0.2, -0.15) is 0 Å². The standard InChI is InChI=1S/C15H15N5O5/c1-8-6-13(18-24-8)16-14(21)9(2)25-20-12-7-10(15(22)23-3)4-5-11(12)17-19-20/h4-7,9H,1-3H3,(H,16,18,21)/t9-/m0/s1. The molecule has 25 heavy (non-hydrogen) atoms. The van der Waals surface area contributed by atoms with Crippen molar-refractivity contribution in [2.45, 2.75) is 20.0 Å². The summed E-state index contributed by atoms with van der Waals surface area (Å²) in [4.78, 5) is 30.4. The third kappa shape index (κ3) is 3.42. The molecule has 1 aromatic carbocycles. The summed E-state index contributed by atoms with van der Waals surface area (Å²) in [5.41, 5.74) is 1.25. The average molecular weight is 345 g/mol. The van der Waals surface area contributed by atoms with Crippen molar-refractivity contribution in [2.24, 2.45) is 0 Å². The molecule has 0 aliphatic heterocycles. The molecular weight excluding hydrogens is 330 g/mol. The van der Waals surface area contributed by atoms with E-state index in [2.05, 4.69) is 25.5 Å². The molecule has 3 rings (SSSR count). The molecule has 130 valence electrons. The van der Waals surface area contributed by atoms with Gasteiger partial charge in [-0.25, -0.2) is 4.79 Å². The molecule has 10 nitrogen and oxygen atoms in total. The van der Waals surface area contributed by atoms with E-state index in [9.17, 15) is 9.59 Å². The fraction of sp³-hybridized carbons (Fsp3) is 0.267. The average Bonchev–Trinajstić information content (AvgIpc) is 3.19. The molecule has 1 amide bonds. The molecule has 0 radical (unpaired) electrons. The van der Waals surface area contributed by atoms with Gasteiger partial charge in [0.05, 0.1) is 12.7 Å². The number of anilines is 1. The van der Waals surface area contributed by atoms with Gasteiger partial charge in [-0.3, -0.25) is 4.79 Å². The number of ether oxygens (including phenoxy) is 1. The first kappa shape index (κ1) is 16.4. The van der Waals surface area contributed by atoms with Crippen LogP contribution in [0.2, 0.25) is 0 Å². The number of amides is 1. The van der Waals surface area contributed by atoms with Crippen LogP contribution in [0.5, 0.6) is 0 Å². The molecule has 0 saturated carbocycles. The number of aryl methyl sites for hydroxylation is 1. The second kappa shape index (κ2) is 6.59. The number of hydrogen-bond acceptors (Lipinski definition) is 8. The normalized spacial score (nSPS) is 12.0. The summed E-state index contributed by atoms with van der Waals surface area (Å²) in [6.45, 7) is 3.25. The maximum atomic E-state index is 12.2.